The zero-order valence-corrected chi connectivity index (χ0v) is 23.5. The molecule has 0 heterocycles. The number of hydrogen-bond donors (Lipinski definition) is 0. The van der Waals surface area contributed by atoms with Crippen molar-refractivity contribution in [3.63, 3.8) is 0 Å². The van der Waals surface area contributed by atoms with Gasteiger partial charge in [-0.15, -0.1) is 0 Å². The van der Waals surface area contributed by atoms with Crippen LogP contribution in [0.2, 0.25) is 12.1 Å². The molecule has 0 saturated carbocycles. The van der Waals surface area contributed by atoms with Crippen LogP contribution in [0, 0.1) is 11.8 Å². The van der Waals surface area contributed by atoms with Crippen LogP contribution in [0.15, 0.2) is 121 Å². The minimum absolute atomic E-state index is 0.513. The maximum absolute atomic E-state index is 8.07. The van der Waals surface area contributed by atoms with Crippen molar-refractivity contribution in [2.45, 2.75) is 39.8 Å². The van der Waals surface area contributed by atoms with Gasteiger partial charge < -0.3 is 4.12 Å². The van der Waals surface area contributed by atoms with E-state index in [-0.39, 0.29) is 0 Å². The van der Waals surface area contributed by atoms with Crippen LogP contribution in [0.1, 0.15) is 27.7 Å². The van der Waals surface area contributed by atoms with Crippen LogP contribution in [-0.2, 0) is 4.12 Å². The molecule has 0 bridgehead atoms. The average Bonchev–Trinajstić information content (AvgIpc) is 2.89. The van der Waals surface area contributed by atoms with Crippen LogP contribution in [0.25, 0.3) is 0 Å². The van der Waals surface area contributed by atoms with Crippen LogP contribution < -0.4 is 20.7 Å². The second-order valence-electron chi connectivity index (χ2n) is 10.4. The van der Waals surface area contributed by atoms with Gasteiger partial charge in [0.1, 0.15) is 0 Å². The van der Waals surface area contributed by atoms with Gasteiger partial charge in [0.05, 0.1) is 0 Å². The number of rotatable bonds is 10. The molecule has 0 aromatic heterocycles. The lowest BCUT2D eigenvalue weighted by atomic mass is 10.3. The molecule has 0 aliphatic carbocycles. The lowest BCUT2D eigenvalue weighted by molar-refractivity contribution is 0.530. The molecule has 0 aliphatic heterocycles. The molecule has 180 valence electrons. The number of benzene rings is 4. The zero-order chi connectivity index (χ0) is 24.7. The summed E-state index contributed by atoms with van der Waals surface area (Å²) < 4.78 is 8.07. The van der Waals surface area contributed by atoms with Gasteiger partial charge >= 0.3 is 0 Å². The van der Waals surface area contributed by atoms with Gasteiger partial charge in [-0.25, -0.2) is 0 Å². The molecule has 0 saturated heterocycles. The van der Waals surface area contributed by atoms with Gasteiger partial charge in [-0.1, -0.05) is 149 Å². The highest BCUT2D eigenvalue weighted by Crippen LogP contribution is 2.28. The predicted molar refractivity (Wildman–Crippen MR) is 156 cm³/mol. The summed E-state index contributed by atoms with van der Waals surface area (Å²) in [5.41, 5.74) is 0. The molecule has 0 atom stereocenters. The molecular weight excluding hydrogens is 457 g/mol. The van der Waals surface area contributed by atoms with Gasteiger partial charge in [0.25, 0.3) is 0 Å². The van der Waals surface area contributed by atoms with Crippen molar-refractivity contribution in [3.8, 4) is 0 Å². The Hall–Kier alpha value is -2.73. The fourth-order valence-electron chi connectivity index (χ4n) is 5.40. The topological polar surface area (TPSA) is 9.23 Å². The van der Waals surface area contributed by atoms with Crippen LogP contribution >= 0.6 is 0 Å². The lowest BCUT2D eigenvalue weighted by Crippen LogP contribution is -2.73. The summed E-state index contributed by atoms with van der Waals surface area (Å²) in [5.74, 6) is 1.03. The van der Waals surface area contributed by atoms with E-state index in [1.165, 1.54) is 20.7 Å². The Labute approximate surface area is 214 Å². The summed E-state index contributed by atoms with van der Waals surface area (Å²) in [6, 6.07) is 46.5. The van der Waals surface area contributed by atoms with Gasteiger partial charge in [-0.05, 0) is 44.7 Å². The summed E-state index contributed by atoms with van der Waals surface area (Å²) in [4.78, 5) is 0. The van der Waals surface area contributed by atoms with E-state index in [0.29, 0.717) is 11.8 Å². The third-order valence-electron chi connectivity index (χ3n) is 6.70. The molecule has 4 rings (SSSR count). The van der Waals surface area contributed by atoms with E-state index in [2.05, 4.69) is 149 Å². The largest absolute Gasteiger partial charge is 0.442 e. The third kappa shape index (κ3) is 5.58. The molecular formula is C32H38OSi2. The first kappa shape index (κ1) is 25.4. The smallest absolute Gasteiger partial charge is 0.245 e. The van der Waals surface area contributed by atoms with Gasteiger partial charge in [-0.2, -0.15) is 0 Å². The second kappa shape index (κ2) is 11.3. The van der Waals surface area contributed by atoms with E-state index < -0.39 is 16.6 Å². The highest BCUT2D eigenvalue weighted by atomic mass is 28.4. The predicted octanol–water partition coefficient (Wildman–Crippen LogP) is 5.83. The molecule has 35 heavy (non-hydrogen) atoms. The van der Waals surface area contributed by atoms with Crippen LogP contribution in [0.4, 0.5) is 0 Å². The summed E-state index contributed by atoms with van der Waals surface area (Å²) in [6.45, 7) is 9.36. The van der Waals surface area contributed by atoms with Crippen molar-refractivity contribution in [2.24, 2.45) is 11.8 Å². The fourth-order valence-corrected chi connectivity index (χ4v) is 17.2. The van der Waals surface area contributed by atoms with E-state index in [9.17, 15) is 0 Å². The van der Waals surface area contributed by atoms with Crippen molar-refractivity contribution in [1.29, 1.82) is 0 Å². The fraction of sp³-hybridized carbons (Fsp3) is 0.250. The summed E-state index contributed by atoms with van der Waals surface area (Å²) in [5, 5.41) is 5.47. The van der Waals surface area contributed by atoms with Gasteiger partial charge in [-0.3, -0.25) is 0 Å². The van der Waals surface area contributed by atoms with E-state index in [1.54, 1.807) is 0 Å². The van der Waals surface area contributed by atoms with Crippen molar-refractivity contribution in [1.82, 2.24) is 0 Å². The zero-order valence-electron chi connectivity index (χ0n) is 21.5. The normalized spacial score (nSPS) is 12.3. The third-order valence-corrected chi connectivity index (χ3v) is 17.3. The van der Waals surface area contributed by atoms with Gasteiger partial charge in [0, 0.05) is 0 Å². The number of hydrogen-bond acceptors (Lipinski definition) is 1. The van der Waals surface area contributed by atoms with Crippen molar-refractivity contribution in [3.05, 3.63) is 121 Å². The van der Waals surface area contributed by atoms with Crippen LogP contribution in [0.5, 0.6) is 0 Å². The molecule has 0 aliphatic rings. The molecule has 4 aromatic carbocycles. The summed E-state index contributed by atoms with van der Waals surface area (Å²) in [7, 11) is -5.23. The Morgan fingerprint density at radius 1 is 0.429 bits per heavy atom. The molecule has 0 radical (unpaired) electrons. The molecule has 0 fully saturated rings. The Morgan fingerprint density at radius 2 is 0.657 bits per heavy atom. The molecule has 4 aromatic rings. The van der Waals surface area contributed by atoms with Crippen molar-refractivity contribution >= 4 is 37.4 Å². The van der Waals surface area contributed by atoms with E-state index in [0.717, 1.165) is 12.1 Å². The minimum atomic E-state index is -2.62. The highest BCUT2D eigenvalue weighted by molar-refractivity contribution is 7.09. The average molecular weight is 495 g/mol. The monoisotopic (exact) mass is 494 g/mol. The van der Waals surface area contributed by atoms with E-state index in [4.69, 9.17) is 4.12 Å². The van der Waals surface area contributed by atoms with Crippen LogP contribution in [0.3, 0.4) is 0 Å². The summed E-state index contributed by atoms with van der Waals surface area (Å²) >= 11 is 0. The highest BCUT2D eigenvalue weighted by Gasteiger charge is 2.50. The molecule has 1 nitrogen and oxygen atoms in total. The first-order chi connectivity index (χ1) is 17.0. The standard InChI is InChI=1S/C32H38OSi2/c1-27(2)25-34(29-17-9-5-10-18-29,30-19-11-6-12-20-30)33-35(26-28(3)4,31-21-13-7-14-22-31)32-23-15-8-16-24-32/h5-24,27-28H,25-26H2,1-4H3. The Bertz CT molecular complexity index is 985. The Morgan fingerprint density at radius 3 is 0.857 bits per heavy atom. The maximum atomic E-state index is 8.07. The first-order valence-electron chi connectivity index (χ1n) is 12.9. The molecule has 0 N–H and O–H groups in total. The van der Waals surface area contributed by atoms with E-state index in [1.807, 2.05) is 0 Å². The molecule has 0 spiro atoms. The quantitative estimate of drug-likeness (QED) is 0.252. The maximum Gasteiger partial charge on any atom is 0.245 e. The van der Waals surface area contributed by atoms with Crippen LogP contribution in [-0.4, -0.2) is 16.6 Å². The summed E-state index contributed by atoms with van der Waals surface area (Å²) in [6.07, 6.45) is 0. The van der Waals surface area contributed by atoms with E-state index >= 15 is 0 Å². The molecule has 0 unspecified atom stereocenters. The first-order valence-corrected chi connectivity index (χ1v) is 17.1. The van der Waals surface area contributed by atoms with Gasteiger partial charge in [0.15, 0.2) is 0 Å². The Balaban J connectivity index is 2.05. The van der Waals surface area contributed by atoms with Crippen molar-refractivity contribution < 1.29 is 4.12 Å². The molecule has 0 amide bonds. The molecule has 3 heteroatoms. The lowest BCUT2D eigenvalue weighted by Gasteiger charge is -2.45. The van der Waals surface area contributed by atoms with Crippen molar-refractivity contribution in [2.75, 3.05) is 0 Å². The minimum Gasteiger partial charge on any atom is -0.442 e. The Kier molecular flexibility index (Phi) is 8.22. The van der Waals surface area contributed by atoms with Gasteiger partial charge in [0.2, 0.25) is 16.6 Å². The SMILES string of the molecule is CC(C)C[Si](O[Si](CC(C)C)(c1ccccc1)c1ccccc1)(c1ccccc1)c1ccccc1. The second-order valence-corrected chi connectivity index (χ2v) is 17.7.